The van der Waals surface area contributed by atoms with Gasteiger partial charge in [0.2, 0.25) is 11.8 Å². The fourth-order valence-electron chi connectivity index (χ4n) is 2.07. The van der Waals surface area contributed by atoms with Crippen LogP contribution in [-0.2, 0) is 9.59 Å². The summed E-state index contributed by atoms with van der Waals surface area (Å²) in [5.41, 5.74) is 5.11. The summed E-state index contributed by atoms with van der Waals surface area (Å²) in [7, 11) is 3.94. The second-order valence-electron chi connectivity index (χ2n) is 5.69. The quantitative estimate of drug-likeness (QED) is 0.602. The van der Waals surface area contributed by atoms with Gasteiger partial charge in [0.1, 0.15) is 0 Å². The Morgan fingerprint density at radius 3 is 2.24 bits per heavy atom. The summed E-state index contributed by atoms with van der Waals surface area (Å²) in [4.78, 5) is 25.5. The Bertz CT molecular complexity index is 725. The summed E-state index contributed by atoms with van der Waals surface area (Å²) in [5.74, 6) is -0.506. The minimum Gasteiger partial charge on any atom is -0.378 e. The highest BCUT2D eigenvalue weighted by Gasteiger charge is 2.06. The third-order valence-corrected chi connectivity index (χ3v) is 3.45. The van der Waals surface area contributed by atoms with Gasteiger partial charge in [-0.25, -0.2) is 5.43 Å². The van der Waals surface area contributed by atoms with Crippen LogP contribution in [0.25, 0.3) is 0 Å². The van der Waals surface area contributed by atoms with Gasteiger partial charge in [-0.15, -0.1) is 0 Å². The Kier molecular flexibility index (Phi) is 6.71. The molecule has 0 heterocycles. The first kappa shape index (κ1) is 18.2. The first-order valence-corrected chi connectivity index (χ1v) is 7.99. The van der Waals surface area contributed by atoms with Gasteiger partial charge in [0, 0.05) is 38.3 Å². The van der Waals surface area contributed by atoms with Crippen LogP contribution >= 0.6 is 0 Å². The largest absolute Gasteiger partial charge is 0.378 e. The Morgan fingerprint density at radius 2 is 1.60 bits per heavy atom. The molecule has 0 aliphatic rings. The number of rotatable bonds is 7. The minimum atomic E-state index is -0.302. The molecule has 0 bridgehead atoms. The maximum Gasteiger partial charge on any atom is 0.240 e. The highest BCUT2D eigenvalue weighted by molar-refractivity contribution is 5.93. The van der Waals surface area contributed by atoms with Gasteiger partial charge in [-0.1, -0.05) is 30.3 Å². The Morgan fingerprint density at radius 1 is 0.960 bits per heavy atom. The SMILES string of the molecule is CN(C)c1ccc(C=NNC(=O)CCC(=O)Nc2ccccc2)cc1. The summed E-state index contributed by atoms with van der Waals surface area (Å²) >= 11 is 0. The normalized spacial score (nSPS) is 10.5. The summed E-state index contributed by atoms with van der Waals surface area (Å²) < 4.78 is 0. The van der Waals surface area contributed by atoms with Crippen molar-refractivity contribution in [3.05, 3.63) is 60.2 Å². The zero-order valence-corrected chi connectivity index (χ0v) is 14.4. The standard InChI is InChI=1S/C19H22N4O2/c1-23(2)17-10-8-15(9-11-17)14-20-22-19(25)13-12-18(24)21-16-6-4-3-5-7-16/h3-11,14H,12-13H2,1-2H3,(H,21,24)(H,22,25). The summed E-state index contributed by atoms with van der Waals surface area (Å²) in [6.07, 6.45) is 1.75. The second kappa shape index (κ2) is 9.22. The molecule has 2 rings (SSSR count). The number of carbonyl (C=O) groups excluding carboxylic acids is 2. The molecular formula is C19H22N4O2. The Hall–Kier alpha value is -3.15. The summed E-state index contributed by atoms with van der Waals surface area (Å²) in [6.45, 7) is 0. The van der Waals surface area contributed by atoms with E-state index in [0.29, 0.717) is 5.69 Å². The molecule has 0 aromatic heterocycles. The lowest BCUT2D eigenvalue weighted by Crippen LogP contribution is -2.20. The molecule has 0 aliphatic heterocycles. The first-order valence-electron chi connectivity index (χ1n) is 7.99. The lowest BCUT2D eigenvalue weighted by Gasteiger charge is -2.11. The lowest BCUT2D eigenvalue weighted by atomic mass is 10.2. The topological polar surface area (TPSA) is 73.8 Å². The second-order valence-corrected chi connectivity index (χ2v) is 5.69. The van der Waals surface area contributed by atoms with E-state index in [2.05, 4.69) is 15.8 Å². The zero-order chi connectivity index (χ0) is 18.1. The highest BCUT2D eigenvalue weighted by atomic mass is 16.2. The number of hydrogen-bond acceptors (Lipinski definition) is 4. The molecule has 0 unspecified atom stereocenters. The minimum absolute atomic E-state index is 0.0789. The third kappa shape index (κ3) is 6.47. The molecule has 130 valence electrons. The van der Waals surface area contributed by atoms with Crippen molar-refractivity contribution in [3.63, 3.8) is 0 Å². The van der Waals surface area contributed by atoms with Gasteiger partial charge in [0.05, 0.1) is 6.21 Å². The van der Waals surface area contributed by atoms with Gasteiger partial charge < -0.3 is 10.2 Å². The van der Waals surface area contributed by atoms with Gasteiger partial charge in [0.25, 0.3) is 0 Å². The van der Waals surface area contributed by atoms with Gasteiger partial charge in [0.15, 0.2) is 0 Å². The van der Waals surface area contributed by atoms with E-state index in [-0.39, 0.29) is 24.7 Å². The van der Waals surface area contributed by atoms with E-state index in [1.54, 1.807) is 18.3 Å². The average molecular weight is 338 g/mol. The number of nitrogens with one attached hydrogen (secondary N) is 2. The van der Waals surface area contributed by atoms with Crippen LogP contribution in [0.15, 0.2) is 59.7 Å². The molecular weight excluding hydrogens is 316 g/mol. The monoisotopic (exact) mass is 338 g/mol. The number of anilines is 2. The van der Waals surface area contributed by atoms with E-state index in [4.69, 9.17) is 0 Å². The van der Waals surface area contributed by atoms with Crippen LogP contribution in [0.4, 0.5) is 11.4 Å². The number of benzene rings is 2. The molecule has 0 aliphatic carbocycles. The van der Waals surface area contributed by atoms with Crippen molar-refractivity contribution >= 4 is 29.4 Å². The highest BCUT2D eigenvalue weighted by Crippen LogP contribution is 2.10. The van der Waals surface area contributed by atoms with Gasteiger partial charge in [-0.05, 0) is 29.8 Å². The zero-order valence-electron chi connectivity index (χ0n) is 14.4. The van der Waals surface area contributed by atoms with Crippen molar-refractivity contribution in [1.82, 2.24) is 5.43 Å². The fourth-order valence-corrected chi connectivity index (χ4v) is 2.07. The van der Waals surface area contributed by atoms with E-state index in [1.807, 2.05) is 61.5 Å². The van der Waals surface area contributed by atoms with Crippen LogP contribution in [0.2, 0.25) is 0 Å². The number of nitrogens with zero attached hydrogens (tertiary/aromatic N) is 2. The first-order chi connectivity index (χ1) is 12.0. The third-order valence-electron chi connectivity index (χ3n) is 3.45. The molecule has 0 saturated carbocycles. The van der Waals surface area contributed by atoms with Crippen molar-refractivity contribution in [3.8, 4) is 0 Å². The predicted octanol–water partition coefficient (Wildman–Crippen LogP) is 2.62. The number of hydrazone groups is 1. The summed E-state index contributed by atoms with van der Waals surface area (Å²) in [6, 6.07) is 16.9. The maximum absolute atomic E-state index is 11.8. The molecule has 0 atom stereocenters. The lowest BCUT2D eigenvalue weighted by molar-refractivity contribution is -0.124. The number of hydrogen-bond donors (Lipinski definition) is 2. The van der Waals surface area contributed by atoms with Crippen LogP contribution in [0.3, 0.4) is 0 Å². The van der Waals surface area contributed by atoms with Crippen LogP contribution in [0.5, 0.6) is 0 Å². The maximum atomic E-state index is 11.8. The smallest absolute Gasteiger partial charge is 0.240 e. The molecule has 6 heteroatoms. The van der Waals surface area contributed by atoms with Gasteiger partial charge in [-0.3, -0.25) is 9.59 Å². The van der Waals surface area contributed by atoms with Crippen molar-refractivity contribution in [2.45, 2.75) is 12.8 Å². The number of para-hydroxylation sites is 1. The molecule has 2 aromatic rings. The molecule has 2 amide bonds. The van der Waals surface area contributed by atoms with Crippen molar-refractivity contribution < 1.29 is 9.59 Å². The fraction of sp³-hybridized carbons (Fsp3) is 0.211. The van der Waals surface area contributed by atoms with Gasteiger partial charge >= 0.3 is 0 Å². The van der Waals surface area contributed by atoms with E-state index in [1.165, 1.54) is 0 Å². The average Bonchev–Trinajstić information content (AvgIpc) is 2.61. The van der Waals surface area contributed by atoms with E-state index in [0.717, 1.165) is 11.3 Å². The molecule has 2 N–H and O–H groups in total. The molecule has 0 radical (unpaired) electrons. The number of amides is 2. The van der Waals surface area contributed by atoms with Crippen LogP contribution in [-0.4, -0.2) is 32.1 Å². The van der Waals surface area contributed by atoms with E-state index in [9.17, 15) is 9.59 Å². The summed E-state index contributed by atoms with van der Waals surface area (Å²) in [5, 5.41) is 6.64. The van der Waals surface area contributed by atoms with Crippen molar-refractivity contribution in [2.24, 2.45) is 5.10 Å². The molecule has 25 heavy (non-hydrogen) atoms. The molecule has 0 saturated heterocycles. The van der Waals surface area contributed by atoms with Crippen molar-refractivity contribution in [2.75, 3.05) is 24.3 Å². The predicted molar refractivity (Wildman–Crippen MR) is 101 cm³/mol. The van der Waals surface area contributed by atoms with E-state index >= 15 is 0 Å². The molecule has 0 fully saturated rings. The van der Waals surface area contributed by atoms with E-state index < -0.39 is 0 Å². The number of carbonyl (C=O) groups is 2. The van der Waals surface area contributed by atoms with Crippen molar-refractivity contribution in [1.29, 1.82) is 0 Å². The van der Waals surface area contributed by atoms with Gasteiger partial charge in [-0.2, -0.15) is 5.10 Å². The Labute approximate surface area is 147 Å². The molecule has 2 aromatic carbocycles. The molecule has 6 nitrogen and oxygen atoms in total. The van der Waals surface area contributed by atoms with Crippen LogP contribution in [0.1, 0.15) is 18.4 Å². The molecule has 0 spiro atoms. The Balaban J connectivity index is 1.72. The van der Waals surface area contributed by atoms with Crippen LogP contribution < -0.4 is 15.6 Å². The van der Waals surface area contributed by atoms with Crippen LogP contribution in [0, 0.1) is 0 Å².